The number of hydrogen-bond donors (Lipinski definition) is 1. The third kappa shape index (κ3) is 2.34. The van der Waals surface area contributed by atoms with Crippen LogP contribution in [0.15, 0.2) is 40.8 Å². The Hall–Kier alpha value is -2.14. The molecule has 88 valence electrons. The van der Waals surface area contributed by atoms with Crippen LogP contribution in [0.5, 0.6) is 0 Å². The Morgan fingerprint density at radius 2 is 1.88 bits per heavy atom. The van der Waals surface area contributed by atoms with Crippen LogP contribution in [0.3, 0.4) is 0 Å². The minimum absolute atomic E-state index is 0.0627. The summed E-state index contributed by atoms with van der Waals surface area (Å²) in [7, 11) is 0. The summed E-state index contributed by atoms with van der Waals surface area (Å²) in [6.45, 7) is 1.83. The fraction of sp³-hybridized carbons (Fsp3) is 0.167. The fourth-order valence-corrected chi connectivity index (χ4v) is 1.50. The lowest BCUT2D eigenvalue weighted by Crippen LogP contribution is -2.02. The van der Waals surface area contributed by atoms with Gasteiger partial charge in [-0.2, -0.15) is 0 Å². The Bertz CT molecular complexity index is 529. The quantitative estimate of drug-likeness (QED) is 0.651. The second-order valence-corrected chi connectivity index (χ2v) is 3.79. The van der Waals surface area contributed by atoms with Gasteiger partial charge in [0.1, 0.15) is 11.5 Å². The van der Waals surface area contributed by atoms with Crippen molar-refractivity contribution in [1.82, 2.24) is 0 Å². The topological polar surface area (TPSA) is 82.3 Å². The first kappa shape index (κ1) is 11.3. The standard InChI is InChI=1S/C12H12N2O3/c1-8(13)11-6-7-12(17-11)9-2-4-10(5-3-9)14(15)16/h2-8H,13H2,1H3/t8-/m1/s1. The predicted octanol–water partition coefficient (Wildman–Crippen LogP) is 2.87. The molecular formula is C12H12N2O3. The van der Waals surface area contributed by atoms with E-state index in [0.717, 1.165) is 5.56 Å². The number of nitrogens with zero attached hydrogens (tertiary/aromatic N) is 1. The average molecular weight is 232 g/mol. The normalized spacial score (nSPS) is 12.4. The van der Waals surface area contributed by atoms with Gasteiger partial charge in [-0.15, -0.1) is 0 Å². The van der Waals surface area contributed by atoms with Crippen molar-refractivity contribution in [2.75, 3.05) is 0 Å². The molecule has 0 unspecified atom stereocenters. The molecule has 0 spiro atoms. The molecule has 1 heterocycles. The van der Waals surface area contributed by atoms with Gasteiger partial charge in [0.05, 0.1) is 11.0 Å². The van der Waals surface area contributed by atoms with E-state index in [-0.39, 0.29) is 11.7 Å². The monoisotopic (exact) mass is 232 g/mol. The Morgan fingerprint density at radius 3 is 2.35 bits per heavy atom. The number of nitro groups is 1. The van der Waals surface area contributed by atoms with Gasteiger partial charge in [-0.3, -0.25) is 10.1 Å². The van der Waals surface area contributed by atoms with Gasteiger partial charge in [-0.05, 0) is 31.2 Å². The SMILES string of the molecule is C[C@@H](N)c1ccc(-c2ccc([N+](=O)[O-])cc2)o1. The van der Waals surface area contributed by atoms with Gasteiger partial charge in [0.25, 0.3) is 5.69 Å². The maximum Gasteiger partial charge on any atom is 0.269 e. The van der Waals surface area contributed by atoms with E-state index in [4.69, 9.17) is 10.2 Å². The minimum atomic E-state index is -0.431. The number of nitro benzene ring substituents is 1. The molecule has 2 aromatic rings. The zero-order chi connectivity index (χ0) is 12.4. The fourth-order valence-electron chi connectivity index (χ4n) is 1.50. The van der Waals surface area contributed by atoms with E-state index < -0.39 is 4.92 Å². The van der Waals surface area contributed by atoms with Crippen LogP contribution >= 0.6 is 0 Å². The molecule has 0 bridgehead atoms. The van der Waals surface area contributed by atoms with E-state index in [1.165, 1.54) is 12.1 Å². The lowest BCUT2D eigenvalue weighted by atomic mass is 10.1. The lowest BCUT2D eigenvalue weighted by Gasteiger charge is -2.00. The molecule has 17 heavy (non-hydrogen) atoms. The van der Waals surface area contributed by atoms with Crippen molar-refractivity contribution in [2.24, 2.45) is 5.73 Å². The van der Waals surface area contributed by atoms with Gasteiger partial charge in [-0.1, -0.05) is 0 Å². The van der Waals surface area contributed by atoms with Crippen LogP contribution in [0.2, 0.25) is 0 Å². The highest BCUT2D eigenvalue weighted by Gasteiger charge is 2.09. The Morgan fingerprint density at radius 1 is 1.24 bits per heavy atom. The molecule has 0 amide bonds. The van der Waals surface area contributed by atoms with Crippen molar-refractivity contribution in [2.45, 2.75) is 13.0 Å². The average Bonchev–Trinajstić information content (AvgIpc) is 2.78. The molecule has 2 N–H and O–H groups in total. The second-order valence-electron chi connectivity index (χ2n) is 3.79. The lowest BCUT2D eigenvalue weighted by molar-refractivity contribution is -0.384. The van der Waals surface area contributed by atoms with Gasteiger partial charge in [0, 0.05) is 17.7 Å². The van der Waals surface area contributed by atoms with E-state index in [1.54, 1.807) is 24.3 Å². The zero-order valence-corrected chi connectivity index (χ0v) is 9.29. The molecule has 0 aliphatic carbocycles. The molecule has 5 heteroatoms. The molecule has 0 radical (unpaired) electrons. The summed E-state index contributed by atoms with van der Waals surface area (Å²) in [6.07, 6.45) is 0. The molecular weight excluding hydrogens is 220 g/mol. The molecule has 1 aromatic heterocycles. The molecule has 0 saturated heterocycles. The number of benzene rings is 1. The third-order valence-corrected chi connectivity index (χ3v) is 2.44. The van der Waals surface area contributed by atoms with Crippen molar-refractivity contribution in [3.8, 4) is 11.3 Å². The maximum absolute atomic E-state index is 10.5. The summed E-state index contributed by atoms with van der Waals surface area (Å²) in [6, 6.07) is 9.65. The molecule has 2 rings (SSSR count). The van der Waals surface area contributed by atoms with E-state index in [0.29, 0.717) is 11.5 Å². The van der Waals surface area contributed by atoms with E-state index in [2.05, 4.69) is 0 Å². The zero-order valence-electron chi connectivity index (χ0n) is 9.29. The molecule has 5 nitrogen and oxygen atoms in total. The van der Waals surface area contributed by atoms with Gasteiger partial charge in [0.15, 0.2) is 0 Å². The number of furan rings is 1. The highest BCUT2D eigenvalue weighted by atomic mass is 16.6. The molecule has 0 aliphatic heterocycles. The Labute approximate surface area is 98.0 Å². The van der Waals surface area contributed by atoms with Gasteiger partial charge < -0.3 is 10.2 Å². The van der Waals surface area contributed by atoms with Crippen molar-refractivity contribution in [1.29, 1.82) is 0 Å². The summed E-state index contributed by atoms with van der Waals surface area (Å²) >= 11 is 0. The van der Waals surface area contributed by atoms with Crippen LogP contribution in [0.4, 0.5) is 5.69 Å². The molecule has 0 fully saturated rings. The molecule has 1 aromatic carbocycles. The maximum atomic E-state index is 10.5. The second kappa shape index (κ2) is 4.39. The van der Waals surface area contributed by atoms with Crippen molar-refractivity contribution in [3.05, 3.63) is 52.3 Å². The summed E-state index contributed by atoms with van der Waals surface area (Å²) in [5.74, 6) is 1.35. The van der Waals surface area contributed by atoms with Crippen LogP contribution in [0, 0.1) is 10.1 Å². The van der Waals surface area contributed by atoms with Crippen molar-refractivity contribution >= 4 is 5.69 Å². The molecule has 0 saturated carbocycles. The smallest absolute Gasteiger partial charge is 0.269 e. The highest BCUT2D eigenvalue weighted by molar-refractivity contribution is 5.59. The number of nitrogens with two attached hydrogens (primary N) is 1. The first-order chi connectivity index (χ1) is 8.08. The van der Waals surface area contributed by atoms with Crippen LogP contribution in [-0.4, -0.2) is 4.92 Å². The van der Waals surface area contributed by atoms with Crippen LogP contribution in [-0.2, 0) is 0 Å². The van der Waals surface area contributed by atoms with Gasteiger partial charge in [-0.25, -0.2) is 0 Å². The van der Waals surface area contributed by atoms with Crippen LogP contribution in [0.25, 0.3) is 11.3 Å². The summed E-state index contributed by atoms with van der Waals surface area (Å²) in [4.78, 5) is 10.1. The number of hydrogen-bond acceptors (Lipinski definition) is 4. The third-order valence-electron chi connectivity index (χ3n) is 2.44. The van der Waals surface area contributed by atoms with E-state index in [1.807, 2.05) is 6.92 Å². The van der Waals surface area contributed by atoms with Crippen molar-refractivity contribution < 1.29 is 9.34 Å². The van der Waals surface area contributed by atoms with Crippen LogP contribution in [0.1, 0.15) is 18.7 Å². The Balaban J connectivity index is 2.30. The van der Waals surface area contributed by atoms with Crippen LogP contribution < -0.4 is 5.73 Å². The summed E-state index contributed by atoms with van der Waals surface area (Å²) in [5, 5.41) is 10.5. The first-order valence-electron chi connectivity index (χ1n) is 5.18. The number of rotatable bonds is 3. The predicted molar refractivity (Wildman–Crippen MR) is 63.4 cm³/mol. The molecule has 1 atom stereocenters. The molecule has 0 aliphatic rings. The minimum Gasteiger partial charge on any atom is -0.459 e. The van der Waals surface area contributed by atoms with Gasteiger partial charge >= 0.3 is 0 Å². The van der Waals surface area contributed by atoms with Gasteiger partial charge in [0.2, 0.25) is 0 Å². The summed E-state index contributed by atoms with van der Waals surface area (Å²) < 4.78 is 5.54. The van der Waals surface area contributed by atoms with E-state index >= 15 is 0 Å². The summed E-state index contributed by atoms with van der Waals surface area (Å²) in [5.41, 5.74) is 6.54. The number of non-ortho nitro benzene ring substituents is 1. The van der Waals surface area contributed by atoms with E-state index in [9.17, 15) is 10.1 Å². The largest absolute Gasteiger partial charge is 0.459 e. The van der Waals surface area contributed by atoms with Crippen molar-refractivity contribution in [3.63, 3.8) is 0 Å². The first-order valence-corrected chi connectivity index (χ1v) is 5.18. The highest BCUT2D eigenvalue weighted by Crippen LogP contribution is 2.26. The Kier molecular flexibility index (Phi) is 2.93.